The molecule has 1 heterocycles. The summed E-state index contributed by atoms with van der Waals surface area (Å²) >= 11 is 4.81. The van der Waals surface area contributed by atoms with Gasteiger partial charge < -0.3 is 35.0 Å². The van der Waals surface area contributed by atoms with Gasteiger partial charge in [0.25, 0.3) is 0 Å². The molecule has 30 heavy (non-hydrogen) atoms. The van der Waals surface area contributed by atoms with Crippen molar-refractivity contribution in [3.8, 4) is 0 Å². The molecule has 1 rings (SSSR count). The second-order valence-corrected chi connectivity index (χ2v) is 10.7. The molecule has 0 aliphatic rings. The lowest BCUT2D eigenvalue weighted by atomic mass is 9.98. The largest absolute Gasteiger partial charge is 0.490 e. The molecule has 0 bridgehead atoms. The number of hydrogen-bond donors (Lipinski definition) is 6. The molecule has 3 unspecified atom stereocenters. The van der Waals surface area contributed by atoms with Crippen molar-refractivity contribution in [3.63, 3.8) is 0 Å². The number of rotatable bonds is 11. The average molecular weight is 519 g/mol. The fraction of sp³-hybridized carbons (Fsp3) is 0.600. The van der Waals surface area contributed by atoms with Crippen LogP contribution in [0.15, 0.2) is 6.20 Å². The maximum absolute atomic E-state index is 14.8. The third-order valence-corrected chi connectivity index (χ3v) is 7.37. The molecule has 20 heteroatoms. The van der Waals surface area contributed by atoms with Crippen molar-refractivity contribution in [2.24, 2.45) is 0 Å². The second-order valence-electron chi connectivity index (χ2n) is 5.89. The minimum Gasteiger partial charge on any atom is -0.390 e. The minimum absolute atomic E-state index is 0.279. The topological polar surface area (TPSA) is 224 Å². The Morgan fingerprint density at radius 2 is 1.83 bits per heavy atom. The van der Waals surface area contributed by atoms with Crippen LogP contribution in [0.3, 0.4) is 0 Å². The maximum Gasteiger partial charge on any atom is 0.490 e. The first kappa shape index (κ1) is 27.4. The molecule has 0 fully saturated rings. The fourth-order valence-corrected chi connectivity index (χ4v) is 5.16. The molecule has 0 radical (unpaired) electrons. The van der Waals surface area contributed by atoms with E-state index in [0.29, 0.717) is 0 Å². The number of aliphatic hydroxyl groups is 1. The predicted molar refractivity (Wildman–Crippen MR) is 97.4 cm³/mol. The molecule has 7 N–H and O–H groups in total. The van der Waals surface area contributed by atoms with Crippen molar-refractivity contribution < 1.29 is 60.3 Å². The van der Waals surface area contributed by atoms with Gasteiger partial charge in [0.2, 0.25) is 4.77 Å². The highest BCUT2D eigenvalue weighted by Crippen LogP contribution is 2.66. The molecule has 0 saturated carbocycles. The summed E-state index contributed by atoms with van der Waals surface area (Å²) in [5, 5.41) is 9.95. The Bertz CT molecular complexity index is 970. The van der Waals surface area contributed by atoms with E-state index in [0.717, 1.165) is 17.7 Å². The predicted octanol–water partition coefficient (Wildman–Crippen LogP) is 1.16. The van der Waals surface area contributed by atoms with E-state index in [2.05, 4.69) is 18.1 Å². The van der Waals surface area contributed by atoms with Gasteiger partial charge in [-0.3, -0.25) is 4.52 Å². The van der Waals surface area contributed by atoms with Crippen LogP contribution in [0.25, 0.3) is 0 Å². The number of hydrogen-bond acceptors (Lipinski definition) is 10. The van der Waals surface area contributed by atoms with Crippen molar-refractivity contribution in [1.82, 2.24) is 9.55 Å². The summed E-state index contributed by atoms with van der Waals surface area (Å²) in [7, 11) is -16.7. The summed E-state index contributed by atoms with van der Waals surface area (Å²) in [6.45, 7) is -0.699. The lowest BCUT2D eigenvalue weighted by molar-refractivity contribution is -0.0210. The molecule has 4 atom stereocenters. The lowest BCUT2D eigenvalue weighted by Crippen LogP contribution is -2.40. The van der Waals surface area contributed by atoms with Crippen LogP contribution in [0.2, 0.25) is 0 Å². The quantitative estimate of drug-likeness (QED) is 0.178. The van der Waals surface area contributed by atoms with Crippen LogP contribution in [0, 0.1) is 10.6 Å². The first-order valence-corrected chi connectivity index (χ1v) is 12.4. The number of nitrogens with two attached hydrogens (primary N) is 1. The van der Waals surface area contributed by atoms with Crippen molar-refractivity contribution in [2.75, 3.05) is 12.3 Å². The van der Waals surface area contributed by atoms with Crippen LogP contribution >= 0.6 is 35.7 Å². The molecule has 0 aromatic carbocycles. The average Bonchev–Trinajstić information content (AvgIpc) is 2.48. The zero-order valence-corrected chi connectivity index (χ0v) is 18.4. The van der Waals surface area contributed by atoms with Crippen LogP contribution in [-0.4, -0.2) is 52.6 Å². The summed E-state index contributed by atoms with van der Waals surface area (Å²) in [6, 6.07) is 0. The van der Waals surface area contributed by atoms with E-state index in [9.17, 15) is 32.5 Å². The highest BCUT2D eigenvalue weighted by molar-refractivity contribution is 7.71. The van der Waals surface area contributed by atoms with Crippen LogP contribution in [0.1, 0.15) is 13.3 Å². The molecule has 0 saturated heterocycles. The lowest BCUT2D eigenvalue weighted by Gasteiger charge is -2.27. The van der Waals surface area contributed by atoms with E-state index in [1.165, 1.54) is 0 Å². The Morgan fingerprint density at radius 3 is 2.37 bits per heavy atom. The number of aromatic nitrogens is 2. The van der Waals surface area contributed by atoms with E-state index < -0.39 is 66.4 Å². The number of alkyl halides is 1. The normalized spacial score (nSPS) is 19.5. The zero-order chi connectivity index (χ0) is 23.5. The van der Waals surface area contributed by atoms with Gasteiger partial charge in [0.05, 0.1) is 19.3 Å². The highest BCUT2D eigenvalue weighted by atomic mass is 32.1. The molecule has 14 nitrogen and oxygen atoms in total. The first-order chi connectivity index (χ1) is 13.3. The van der Waals surface area contributed by atoms with Gasteiger partial charge in [0.1, 0.15) is 0 Å². The van der Waals surface area contributed by atoms with Crippen LogP contribution in [0.4, 0.5) is 14.6 Å². The zero-order valence-electron chi connectivity index (χ0n) is 14.9. The van der Waals surface area contributed by atoms with Crippen molar-refractivity contribution in [2.45, 2.75) is 31.7 Å². The van der Waals surface area contributed by atoms with Gasteiger partial charge in [-0.15, -0.1) is 0 Å². The minimum atomic E-state index is -5.70. The number of anilines is 1. The fourth-order valence-electron chi connectivity index (χ4n) is 1.91. The van der Waals surface area contributed by atoms with Gasteiger partial charge in [0, 0.05) is 12.6 Å². The third kappa shape index (κ3) is 9.22. The Hall–Kier alpha value is -0.670. The number of nitrogens with zero attached hydrogens (tertiary/aromatic N) is 2. The monoisotopic (exact) mass is 519 g/mol. The smallest absolute Gasteiger partial charge is 0.390 e. The van der Waals surface area contributed by atoms with E-state index >= 15 is 0 Å². The first-order valence-electron chi connectivity index (χ1n) is 7.51. The van der Waals surface area contributed by atoms with E-state index in [-0.39, 0.29) is 4.77 Å². The molecule has 1 aromatic heterocycles. The van der Waals surface area contributed by atoms with Gasteiger partial charge in [0.15, 0.2) is 17.3 Å². The summed E-state index contributed by atoms with van der Waals surface area (Å²) in [4.78, 5) is 38.6. The summed E-state index contributed by atoms with van der Waals surface area (Å²) < 4.78 is 73.2. The number of phosphoric acid groups is 3. The van der Waals surface area contributed by atoms with Crippen molar-refractivity contribution >= 4 is 41.5 Å². The maximum atomic E-state index is 14.8. The number of aliphatic hydroxyl groups excluding tert-OH is 1. The highest BCUT2D eigenvalue weighted by Gasteiger charge is 2.41. The van der Waals surface area contributed by atoms with Gasteiger partial charge in [-0.05, 0) is 19.1 Å². The SMILES string of the molecule is CC(F)(Cn1cc(F)c(N)nc1=S)[C@@H](O)CCOP(=O)(O)OP(=O)(O)OP(=O)(O)O. The Balaban J connectivity index is 2.70. The second kappa shape index (κ2) is 9.86. The third-order valence-electron chi connectivity index (χ3n) is 3.21. The summed E-state index contributed by atoms with van der Waals surface area (Å²) in [6.07, 6.45) is -1.79. The Morgan fingerprint density at radius 1 is 1.27 bits per heavy atom. The van der Waals surface area contributed by atoms with Crippen LogP contribution in [-0.2, 0) is 33.4 Å². The van der Waals surface area contributed by atoms with E-state index in [1.807, 2.05) is 0 Å². The number of halogens is 2. The van der Waals surface area contributed by atoms with Gasteiger partial charge in [-0.25, -0.2) is 22.5 Å². The van der Waals surface area contributed by atoms with Gasteiger partial charge in [-0.2, -0.15) is 13.6 Å². The summed E-state index contributed by atoms with van der Waals surface area (Å²) in [5.41, 5.74) is 2.74. The Kier molecular flexibility index (Phi) is 8.99. The summed E-state index contributed by atoms with van der Waals surface area (Å²) in [5.74, 6) is -1.49. The molecular formula is C10H18F2N3O11P3S. The molecular weight excluding hydrogens is 501 g/mol. The molecule has 0 aliphatic heterocycles. The molecule has 174 valence electrons. The van der Waals surface area contributed by atoms with Gasteiger partial charge in [-0.1, -0.05) is 0 Å². The van der Waals surface area contributed by atoms with Crippen LogP contribution < -0.4 is 5.73 Å². The molecule has 0 amide bonds. The molecule has 0 aliphatic carbocycles. The Labute approximate surface area is 172 Å². The number of phosphoric ester groups is 1. The van der Waals surface area contributed by atoms with Crippen molar-refractivity contribution in [1.29, 1.82) is 0 Å². The number of nitrogen functional groups attached to an aromatic ring is 1. The van der Waals surface area contributed by atoms with Crippen molar-refractivity contribution in [3.05, 3.63) is 16.8 Å². The molecule has 1 aromatic rings. The van der Waals surface area contributed by atoms with E-state index in [4.69, 9.17) is 32.6 Å². The molecule has 0 spiro atoms. The van der Waals surface area contributed by atoms with Crippen LogP contribution in [0.5, 0.6) is 0 Å². The van der Waals surface area contributed by atoms with E-state index in [1.54, 1.807) is 0 Å². The van der Waals surface area contributed by atoms with Gasteiger partial charge >= 0.3 is 23.5 Å². The standard InChI is InChI=1S/C10H18F2N3O11P3S/c1-10(12,5-15-4-6(11)8(13)14-9(15)30)7(16)2-3-24-28(20,21)26-29(22,23)25-27(17,18)19/h4,7,16H,2-3,5H2,1H3,(H,20,21)(H,22,23)(H2,13,14,30)(H2,17,18,19)/t7-,10?/m0/s1.